The van der Waals surface area contributed by atoms with E-state index in [9.17, 15) is 0 Å². The highest BCUT2D eigenvalue weighted by atomic mass is 15.7. The normalized spacial score (nSPS) is 16.1. The molecule has 0 saturated carbocycles. The number of hydrogen-bond acceptors (Lipinski definition) is 2. The Kier molecular flexibility index (Phi) is 2.16. The molecule has 2 nitrogen and oxygen atoms in total. The lowest BCUT2D eigenvalue weighted by Crippen LogP contribution is -2.39. The van der Waals surface area contributed by atoms with Crippen molar-refractivity contribution < 1.29 is 0 Å². The molecule has 2 heteroatoms. The lowest BCUT2D eigenvalue weighted by atomic mass is 9.96. The van der Waals surface area contributed by atoms with Gasteiger partial charge in [0, 0.05) is 24.2 Å². The van der Waals surface area contributed by atoms with Crippen LogP contribution in [0.4, 0.5) is 11.4 Å². The van der Waals surface area contributed by atoms with Gasteiger partial charge < -0.3 is 0 Å². The standard InChI is InChI=1S/C17H18N2/c1-12-4-6-14-15-7-5-13(2)11-17(15)19-9-3-8-18(19)16(14)10-12/h4-7,10-11H,3,8-9H2,1-2H3. The zero-order valence-corrected chi connectivity index (χ0v) is 11.5. The molecule has 0 atom stereocenters. The van der Waals surface area contributed by atoms with Crippen molar-refractivity contribution in [2.75, 3.05) is 23.1 Å². The predicted molar refractivity (Wildman–Crippen MR) is 80.7 cm³/mol. The van der Waals surface area contributed by atoms with Crippen molar-refractivity contribution in [3.63, 3.8) is 0 Å². The van der Waals surface area contributed by atoms with Gasteiger partial charge in [-0.1, -0.05) is 24.3 Å². The van der Waals surface area contributed by atoms with Crippen molar-refractivity contribution in [3.05, 3.63) is 47.5 Å². The summed E-state index contributed by atoms with van der Waals surface area (Å²) in [6.07, 6.45) is 1.24. The largest absolute Gasteiger partial charge is 0.285 e. The van der Waals surface area contributed by atoms with Crippen LogP contribution in [0, 0.1) is 13.8 Å². The molecule has 2 aromatic rings. The van der Waals surface area contributed by atoms with E-state index in [0.29, 0.717) is 0 Å². The minimum Gasteiger partial charge on any atom is -0.285 e. The van der Waals surface area contributed by atoms with Crippen LogP contribution in [0.1, 0.15) is 17.5 Å². The smallest absolute Gasteiger partial charge is 0.0656 e. The topological polar surface area (TPSA) is 6.48 Å². The summed E-state index contributed by atoms with van der Waals surface area (Å²) < 4.78 is 0. The predicted octanol–water partition coefficient (Wildman–Crippen LogP) is 3.92. The zero-order chi connectivity index (χ0) is 13.0. The van der Waals surface area contributed by atoms with E-state index in [1.807, 2.05) is 0 Å². The van der Waals surface area contributed by atoms with Crippen LogP contribution < -0.4 is 10.0 Å². The summed E-state index contributed by atoms with van der Waals surface area (Å²) in [7, 11) is 0. The van der Waals surface area contributed by atoms with Gasteiger partial charge in [0.1, 0.15) is 0 Å². The van der Waals surface area contributed by atoms with Crippen molar-refractivity contribution in [2.45, 2.75) is 20.3 Å². The second kappa shape index (κ2) is 3.77. The molecular formula is C17H18N2. The molecule has 2 aromatic carbocycles. The Labute approximate surface area is 114 Å². The molecule has 0 amide bonds. The van der Waals surface area contributed by atoms with Gasteiger partial charge in [0.05, 0.1) is 11.4 Å². The Bertz CT molecular complexity index is 603. The van der Waals surface area contributed by atoms with Crippen LogP contribution in [-0.2, 0) is 0 Å². The van der Waals surface area contributed by atoms with Crippen LogP contribution in [0.3, 0.4) is 0 Å². The van der Waals surface area contributed by atoms with E-state index in [4.69, 9.17) is 0 Å². The van der Waals surface area contributed by atoms with Gasteiger partial charge in [0.2, 0.25) is 0 Å². The Morgan fingerprint density at radius 2 is 1.21 bits per heavy atom. The lowest BCUT2D eigenvalue weighted by Gasteiger charge is -2.39. The summed E-state index contributed by atoms with van der Waals surface area (Å²) >= 11 is 0. The molecule has 2 heterocycles. The minimum absolute atomic E-state index is 1.13. The molecule has 1 saturated heterocycles. The van der Waals surface area contributed by atoms with E-state index in [0.717, 1.165) is 13.1 Å². The Balaban J connectivity index is 2.02. The van der Waals surface area contributed by atoms with Gasteiger partial charge in [-0.2, -0.15) is 0 Å². The fraction of sp³-hybridized carbons (Fsp3) is 0.294. The van der Waals surface area contributed by atoms with E-state index >= 15 is 0 Å². The highest BCUT2D eigenvalue weighted by Gasteiger charge is 2.31. The van der Waals surface area contributed by atoms with Crippen LogP contribution >= 0.6 is 0 Å². The Morgan fingerprint density at radius 3 is 1.68 bits per heavy atom. The first kappa shape index (κ1) is 10.9. The molecule has 2 aliphatic rings. The highest BCUT2D eigenvalue weighted by molar-refractivity contribution is 5.93. The second-order valence-electron chi connectivity index (χ2n) is 5.64. The zero-order valence-electron chi connectivity index (χ0n) is 11.5. The van der Waals surface area contributed by atoms with Crippen LogP contribution in [0.15, 0.2) is 36.4 Å². The Morgan fingerprint density at radius 1 is 0.737 bits per heavy atom. The number of benzene rings is 2. The molecule has 4 rings (SSSR count). The third-order valence-corrected chi connectivity index (χ3v) is 4.18. The number of hydrogen-bond donors (Lipinski definition) is 0. The van der Waals surface area contributed by atoms with Gasteiger partial charge in [-0.3, -0.25) is 10.0 Å². The minimum atomic E-state index is 1.13. The van der Waals surface area contributed by atoms with Gasteiger partial charge in [-0.15, -0.1) is 0 Å². The molecule has 0 radical (unpaired) electrons. The molecule has 2 aliphatic heterocycles. The number of anilines is 2. The molecule has 1 fully saturated rings. The van der Waals surface area contributed by atoms with Crippen LogP contribution in [-0.4, -0.2) is 13.1 Å². The summed E-state index contributed by atoms with van der Waals surface area (Å²) in [6, 6.07) is 13.6. The van der Waals surface area contributed by atoms with E-state index in [1.165, 1.54) is 40.0 Å². The molecule has 0 aliphatic carbocycles. The van der Waals surface area contributed by atoms with Gasteiger partial charge in [0.25, 0.3) is 0 Å². The van der Waals surface area contributed by atoms with Gasteiger partial charge in [0.15, 0.2) is 0 Å². The van der Waals surface area contributed by atoms with E-state index in [1.54, 1.807) is 0 Å². The summed E-state index contributed by atoms with van der Waals surface area (Å²) in [5.74, 6) is 0. The van der Waals surface area contributed by atoms with Crippen molar-refractivity contribution in [3.8, 4) is 11.1 Å². The fourth-order valence-corrected chi connectivity index (χ4v) is 3.28. The van der Waals surface area contributed by atoms with Crippen molar-refractivity contribution in [1.82, 2.24) is 0 Å². The molecule has 0 spiro atoms. The highest BCUT2D eigenvalue weighted by Crippen LogP contribution is 2.45. The molecule has 0 unspecified atom stereocenters. The quantitative estimate of drug-likeness (QED) is 0.699. The number of fused-ring (bicyclic) bond motifs is 6. The number of hydrazine groups is 1. The lowest BCUT2D eigenvalue weighted by molar-refractivity contribution is 0.880. The van der Waals surface area contributed by atoms with Gasteiger partial charge in [-0.05, 0) is 43.5 Å². The SMILES string of the molecule is Cc1ccc2c(c1)N1CCCN1c1cc(C)ccc1-2. The first-order valence-electron chi connectivity index (χ1n) is 7.01. The van der Waals surface area contributed by atoms with E-state index in [2.05, 4.69) is 60.3 Å². The average molecular weight is 250 g/mol. The van der Waals surface area contributed by atoms with E-state index in [-0.39, 0.29) is 0 Å². The first-order chi connectivity index (χ1) is 9.24. The summed E-state index contributed by atoms with van der Waals surface area (Å²) in [6.45, 7) is 6.60. The third kappa shape index (κ3) is 1.49. The van der Waals surface area contributed by atoms with Gasteiger partial charge in [-0.25, -0.2) is 0 Å². The molecule has 0 bridgehead atoms. The third-order valence-electron chi connectivity index (χ3n) is 4.18. The van der Waals surface area contributed by atoms with E-state index < -0.39 is 0 Å². The van der Waals surface area contributed by atoms with Crippen LogP contribution in [0.5, 0.6) is 0 Å². The second-order valence-corrected chi connectivity index (χ2v) is 5.64. The molecule has 0 aromatic heterocycles. The number of rotatable bonds is 0. The summed E-state index contributed by atoms with van der Waals surface area (Å²) in [5, 5.41) is 4.90. The summed E-state index contributed by atoms with van der Waals surface area (Å²) in [5.41, 5.74) is 8.16. The number of aryl methyl sites for hydroxylation is 2. The molecule has 96 valence electrons. The monoisotopic (exact) mass is 250 g/mol. The maximum atomic E-state index is 2.45. The maximum absolute atomic E-state index is 2.45. The first-order valence-corrected chi connectivity index (χ1v) is 7.01. The molecule has 0 N–H and O–H groups in total. The maximum Gasteiger partial charge on any atom is 0.0656 e. The fourth-order valence-electron chi connectivity index (χ4n) is 3.28. The van der Waals surface area contributed by atoms with Crippen LogP contribution in [0.2, 0.25) is 0 Å². The van der Waals surface area contributed by atoms with Crippen molar-refractivity contribution in [1.29, 1.82) is 0 Å². The summed E-state index contributed by atoms with van der Waals surface area (Å²) in [4.78, 5) is 0. The average Bonchev–Trinajstić information content (AvgIpc) is 2.88. The van der Waals surface area contributed by atoms with Crippen LogP contribution in [0.25, 0.3) is 11.1 Å². The molecular weight excluding hydrogens is 232 g/mol. The van der Waals surface area contributed by atoms with Crippen molar-refractivity contribution in [2.24, 2.45) is 0 Å². The van der Waals surface area contributed by atoms with Gasteiger partial charge >= 0.3 is 0 Å². The Hall–Kier alpha value is -1.96. The number of nitrogens with zero attached hydrogens (tertiary/aromatic N) is 2. The van der Waals surface area contributed by atoms with Crippen molar-refractivity contribution >= 4 is 11.4 Å². The molecule has 19 heavy (non-hydrogen) atoms.